The van der Waals surface area contributed by atoms with Crippen molar-refractivity contribution in [1.29, 1.82) is 0 Å². The molecule has 0 atom stereocenters. The summed E-state index contributed by atoms with van der Waals surface area (Å²) in [6.07, 6.45) is 3.38. The summed E-state index contributed by atoms with van der Waals surface area (Å²) >= 11 is 0. The van der Waals surface area contributed by atoms with E-state index in [1.54, 1.807) is 6.08 Å². The highest BCUT2D eigenvalue weighted by molar-refractivity contribution is 6.02. The highest BCUT2D eigenvalue weighted by Crippen LogP contribution is 2.13. The van der Waals surface area contributed by atoms with Crippen molar-refractivity contribution >= 4 is 17.7 Å². The van der Waals surface area contributed by atoms with E-state index in [-0.39, 0.29) is 5.91 Å². The van der Waals surface area contributed by atoms with Crippen LogP contribution in [-0.2, 0) is 4.79 Å². The third-order valence-electron chi connectivity index (χ3n) is 2.87. The summed E-state index contributed by atoms with van der Waals surface area (Å²) < 4.78 is 0. The molecular formula is C17H17NO. The number of para-hydroxylation sites is 1. The minimum atomic E-state index is -0.115. The number of nitrogens with one attached hydrogen (secondary N) is 1. The molecular weight excluding hydrogens is 234 g/mol. The van der Waals surface area contributed by atoms with Crippen molar-refractivity contribution in [3.05, 3.63) is 71.3 Å². The molecule has 0 aliphatic rings. The molecule has 1 amide bonds. The van der Waals surface area contributed by atoms with Crippen molar-refractivity contribution in [2.45, 2.75) is 13.8 Å². The zero-order valence-electron chi connectivity index (χ0n) is 11.2. The van der Waals surface area contributed by atoms with E-state index in [1.165, 1.54) is 5.56 Å². The maximum atomic E-state index is 11.8. The summed E-state index contributed by atoms with van der Waals surface area (Å²) in [6, 6.07) is 15.8. The molecule has 0 aliphatic heterocycles. The Labute approximate surface area is 113 Å². The molecule has 0 saturated carbocycles. The standard InChI is InChI=1S/C17H17NO/c1-13-6-5-8-15(12-13)10-11-17(19)18-16-9-4-3-7-14(16)2/h3-12H,1-2H3,(H,18,19)/b11-10+. The van der Waals surface area contributed by atoms with E-state index in [0.717, 1.165) is 16.8 Å². The monoisotopic (exact) mass is 251 g/mol. The van der Waals surface area contributed by atoms with Crippen LogP contribution in [0.25, 0.3) is 6.08 Å². The second-order valence-corrected chi connectivity index (χ2v) is 4.55. The molecule has 0 fully saturated rings. The average Bonchev–Trinajstić information content (AvgIpc) is 2.39. The fraction of sp³-hybridized carbons (Fsp3) is 0.118. The maximum Gasteiger partial charge on any atom is 0.248 e. The first-order chi connectivity index (χ1) is 9.15. The van der Waals surface area contributed by atoms with Crippen molar-refractivity contribution in [3.8, 4) is 0 Å². The van der Waals surface area contributed by atoms with Crippen molar-refractivity contribution in [1.82, 2.24) is 0 Å². The summed E-state index contributed by atoms with van der Waals surface area (Å²) in [5.74, 6) is -0.115. The first kappa shape index (κ1) is 13.1. The Morgan fingerprint density at radius 1 is 1.05 bits per heavy atom. The van der Waals surface area contributed by atoms with E-state index in [9.17, 15) is 4.79 Å². The van der Waals surface area contributed by atoms with Gasteiger partial charge in [-0.3, -0.25) is 4.79 Å². The van der Waals surface area contributed by atoms with E-state index in [0.29, 0.717) is 0 Å². The maximum absolute atomic E-state index is 11.8. The number of hydrogen-bond acceptors (Lipinski definition) is 1. The summed E-state index contributed by atoms with van der Waals surface area (Å²) in [5, 5.41) is 2.87. The SMILES string of the molecule is Cc1cccc(/C=C/C(=O)Nc2ccccc2C)c1. The zero-order chi connectivity index (χ0) is 13.7. The van der Waals surface area contributed by atoms with Gasteiger partial charge in [0.25, 0.3) is 0 Å². The lowest BCUT2D eigenvalue weighted by Crippen LogP contribution is -2.08. The van der Waals surface area contributed by atoms with Gasteiger partial charge in [-0.1, -0.05) is 48.0 Å². The number of aryl methyl sites for hydroxylation is 2. The van der Waals surface area contributed by atoms with Gasteiger partial charge in [-0.2, -0.15) is 0 Å². The Morgan fingerprint density at radius 2 is 1.84 bits per heavy atom. The number of carbonyl (C=O) groups is 1. The van der Waals surface area contributed by atoms with E-state index in [1.807, 2.05) is 68.5 Å². The first-order valence-corrected chi connectivity index (χ1v) is 6.26. The van der Waals surface area contributed by atoms with Crippen LogP contribution in [0.4, 0.5) is 5.69 Å². The van der Waals surface area contributed by atoms with Gasteiger partial charge in [0.2, 0.25) is 5.91 Å². The number of benzene rings is 2. The Bertz CT molecular complexity index is 614. The molecule has 1 N–H and O–H groups in total. The Kier molecular flexibility index (Phi) is 4.14. The number of rotatable bonds is 3. The molecule has 0 radical (unpaired) electrons. The van der Waals surface area contributed by atoms with E-state index in [4.69, 9.17) is 0 Å². The van der Waals surface area contributed by atoms with E-state index >= 15 is 0 Å². The van der Waals surface area contributed by atoms with Gasteiger partial charge in [-0.05, 0) is 37.1 Å². The van der Waals surface area contributed by atoms with Gasteiger partial charge in [0.15, 0.2) is 0 Å². The van der Waals surface area contributed by atoms with Gasteiger partial charge in [-0.15, -0.1) is 0 Å². The van der Waals surface area contributed by atoms with Crippen LogP contribution in [0.3, 0.4) is 0 Å². The van der Waals surface area contributed by atoms with Crippen LogP contribution < -0.4 is 5.32 Å². The average molecular weight is 251 g/mol. The summed E-state index contributed by atoms with van der Waals surface area (Å²) in [4.78, 5) is 11.8. The van der Waals surface area contributed by atoms with Crippen LogP contribution in [0.15, 0.2) is 54.6 Å². The zero-order valence-corrected chi connectivity index (χ0v) is 11.2. The molecule has 0 saturated heterocycles. The molecule has 0 aromatic heterocycles. The van der Waals surface area contributed by atoms with Crippen LogP contribution in [0.2, 0.25) is 0 Å². The Morgan fingerprint density at radius 3 is 2.58 bits per heavy atom. The quantitative estimate of drug-likeness (QED) is 0.822. The third kappa shape index (κ3) is 3.81. The Balaban J connectivity index is 2.04. The summed E-state index contributed by atoms with van der Waals surface area (Å²) in [6.45, 7) is 4.00. The van der Waals surface area contributed by atoms with Crippen molar-refractivity contribution in [3.63, 3.8) is 0 Å². The van der Waals surface area contributed by atoms with Gasteiger partial charge in [-0.25, -0.2) is 0 Å². The first-order valence-electron chi connectivity index (χ1n) is 6.26. The van der Waals surface area contributed by atoms with Gasteiger partial charge >= 0.3 is 0 Å². The van der Waals surface area contributed by atoms with Crippen LogP contribution in [0.1, 0.15) is 16.7 Å². The number of amides is 1. The lowest BCUT2D eigenvalue weighted by molar-refractivity contribution is -0.111. The van der Waals surface area contributed by atoms with Crippen LogP contribution >= 0.6 is 0 Å². The van der Waals surface area contributed by atoms with E-state index < -0.39 is 0 Å². The van der Waals surface area contributed by atoms with Crippen molar-refractivity contribution in [2.24, 2.45) is 0 Å². The molecule has 0 bridgehead atoms. The smallest absolute Gasteiger partial charge is 0.248 e. The minimum Gasteiger partial charge on any atom is -0.322 e. The second-order valence-electron chi connectivity index (χ2n) is 4.55. The fourth-order valence-corrected chi connectivity index (χ4v) is 1.83. The minimum absolute atomic E-state index is 0.115. The van der Waals surface area contributed by atoms with Crippen molar-refractivity contribution in [2.75, 3.05) is 5.32 Å². The molecule has 2 aromatic carbocycles. The van der Waals surface area contributed by atoms with Gasteiger partial charge in [0.05, 0.1) is 0 Å². The molecule has 19 heavy (non-hydrogen) atoms. The van der Waals surface area contributed by atoms with Crippen molar-refractivity contribution < 1.29 is 4.79 Å². The molecule has 0 aliphatic carbocycles. The van der Waals surface area contributed by atoms with Gasteiger partial charge in [0.1, 0.15) is 0 Å². The third-order valence-corrected chi connectivity index (χ3v) is 2.87. The lowest BCUT2D eigenvalue weighted by Gasteiger charge is -2.05. The second kappa shape index (κ2) is 6.01. The molecule has 2 heteroatoms. The number of hydrogen-bond donors (Lipinski definition) is 1. The normalized spacial score (nSPS) is 10.6. The highest BCUT2D eigenvalue weighted by atomic mass is 16.1. The Hall–Kier alpha value is -2.35. The molecule has 96 valence electrons. The highest BCUT2D eigenvalue weighted by Gasteiger charge is 2.00. The molecule has 2 aromatic rings. The van der Waals surface area contributed by atoms with E-state index in [2.05, 4.69) is 5.32 Å². The summed E-state index contributed by atoms with van der Waals surface area (Å²) in [7, 11) is 0. The molecule has 2 nitrogen and oxygen atoms in total. The topological polar surface area (TPSA) is 29.1 Å². The summed E-state index contributed by atoms with van der Waals surface area (Å²) in [5.41, 5.74) is 4.11. The van der Waals surface area contributed by atoms with Gasteiger partial charge < -0.3 is 5.32 Å². The largest absolute Gasteiger partial charge is 0.322 e. The molecule has 0 heterocycles. The molecule has 0 unspecified atom stereocenters. The van der Waals surface area contributed by atoms with Crippen LogP contribution in [0, 0.1) is 13.8 Å². The fourth-order valence-electron chi connectivity index (χ4n) is 1.83. The molecule has 2 rings (SSSR count). The molecule has 0 spiro atoms. The number of carbonyl (C=O) groups excluding carboxylic acids is 1. The van der Waals surface area contributed by atoms with Gasteiger partial charge in [0, 0.05) is 11.8 Å². The lowest BCUT2D eigenvalue weighted by atomic mass is 10.1. The van der Waals surface area contributed by atoms with Crippen LogP contribution in [-0.4, -0.2) is 5.91 Å². The predicted octanol–water partition coefficient (Wildman–Crippen LogP) is 3.96. The van der Waals surface area contributed by atoms with Crippen LogP contribution in [0.5, 0.6) is 0 Å². The number of anilines is 1. The predicted molar refractivity (Wildman–Crippen MR) is 80.0 cm³/mol.